The first-order chi connectivity index (χ1) is 3.55. The van der Waals surface area contributed by atoms with Crippen molar-refractivity contribution >= 4 is 5.78 Å². The van der Waals surface area contributed by atoms with E-state index in [2.05, 4.69) is 0 Å². The van der Waals surface area contributed by atoms with Crippen LogP contribution in [0.1, 0.15) is 13.8 Å². The van der Waals surface area contributed by atoms with Crippen molar-refractivity contribution in [1.82, 2.24) is 4.90 Å². The molecule has 0 bridgehead atoms. The summed E-state index contributed by atoms with van der Waals surface area (Å²) in [6.45, 7) is 3.49. The molecule has 0 rings (SSSR count). The summed E-state index contributed by atoms with van der Waals surface area (Å²) in [5, 5.41) is 0. The van der Waals surface area contributed by atoms with E-state index in [1.807, 2.05) is 25.9 Å². The van der Waals surface area contributed by atoms with Crippen LogP contribution in [-0.2, 0) is 4.79 Å². The first-order valence-electron chi connectivity index (χ1n) is 2.72. The second-order valence-electron chi connectivity index (χ2n) is 2.25. The van der Waals surface area contributed by atoms with E-state index < -0.39 is 0 Å². The molecule has 0 saturated carbocycles. The summed E-state index contributed by atoms with van der Waals surface area (Å²) in [6.07, 6.45) is 0. The van der Waals surface area contributed by atoms with E-state index in [0.29, 0.717) is 0 Å². The van der Waals surface area contributed by atoms with Crippen molar-refractivity contribution in [3.63, 3.8) is 0 Å². The van der Waals surface area contributed by atoms with Crippen LogP contribution in [0.4, 0.5) is 0 Å². The Kier molecular flexibility index (Phi) is 2.69. The third kappa shape index (κ3) is 2.07. The predicted molar refractivity (Wildman–Crippen MR) is 33.8 cm³/mol. The van der Waals surface area contributed by atoms with Crippen LogP contribution in [0.3, 0.4) is 0 Å². The summed E-state index contributed by atoms with van der Waals surface area (Å²) in [5.74, 6) is 0.218. The highest BCUT2D eigenvalue weighted by molar-refractivity contribution is 5.80. The zero-order chi connectivity index (χ0) is 6.73. The molecule has 0 heterocycles. The van der Waals surface area contributed by atoms with E-state index in [0.717, 1.165) is 0 Å². The highest BCUT2D eigenvalue weighted by Gasteiger charge is 2.07. The van der Waals surface area contributed by atoms with Gasteiger partial charge in [-0.1, -0.05) is 0 Å². The lowest BCUT2D eigenvalue weighted by atomic mass is 10.2. The van der Waals surface area contributed by atoms with Crippen molar-refractivity contribution in [1.29, 1.82) is 0 Å². The van der Waals surface area contributed by atoms with Gasteiger partial charge in [0.05, 0.1) is 6.04 Å². The SMILES string of the molecule is CC(=O)[C@@H](C)N(C)C. The summed E-state index contributed by atoms with van der Waals surface area (Å²) >= 11 is 0. The molecule has 0 spiro atoms. The topological polar surface area (TPSA) is 20.3 Å². The minimum Gasteiger partial charge on any atom is -0.300 e. The number of nitrogens with zero attached hydrogens (tertiary/aromatic N) is 1. The lowest BCUT2D eigenvalue weighted by Gasteiger charge is -2.15. The molecule has 0 aliphatic heterocycles. The van der Waals surface area contributed by atoms with E-state index in [4.69, 9.17) is 0 Å². The zero-order valence-electron chi connectivity index (χ0n) is 5.93. The molecule has 0 aromatic rings. The van der Waals surface area contributed by atoms with Gasteiger partial charge < -0.3 is 0 Å². The molecule has 0 aromatic heterocycles. The lowest BCUT2D eigenvalue weighted by molar-refractivity contribution is -0.120. The molecule has 2 nitrogen and oxygen atoms in total. The third-order valence-electron chi connectivity index (χ3n) is 1.36. The standard InChI is InChI=1S/C6H13NO/c1-5(6(2)8)7(3)4/h5H,1-4H3/t5-/m1/s1. The number of carbonyl (C=O) groups is 1. The number of likely N-dealkylation sites (N-methyl/N-ethyl adjacent to an activating group) is 1. The average molecular weight is 115 g/mol. The maximum atomic E-state index is 10.5. The predicted octanol–water partition coefficient (Wildman–Crippen LogP) is 0.526. The van der Waals surface area contributed by atoms with E-state index in [1.165, 1.54) is 0 Å². The summed E-state index contributed by atoms with van der Waals surface area (Å²) in [4.78, 5) is 12.4. The highest BCUT2D eigenvalue weighted by atomic mass is 16.1. The van der Waals surface area contributed by atoms with Crippen LogP contribution in [0, 0.1) is 0 Å². The third-order valence-corrected chi connectivity index (χ3v) is 1.36. The highest BCUT2D eigenvalue weighted by Crippen LogP contribution is 1.90. The molecule has 0 aliphatic rings. The van der Waals surface area contributed by atoms with Gasteiger partial charge in [0.2, 0.25) is 0 Å². The maximum Gasteiger partial charge on any atom is 0.146 e. The first kappa shape index (κ1) is 7.63. The number of carbonyl (C=O) groups excluding carboxylic acids is 1. The number of hydrogen-bond acceptors (Lipinski definition) is 2. The normalized spacial score (nSPS) is 14.1. The van der Waals surface area contributed by atoms with Crippen LogP contribution in [0.25, 0.3) is 0 Å². The summed E-state index contributed by atoms with van der Waals surface area (Å²) in [6, 6.07) is 0.0648. The van der Waals surface area contributed by atoms with Gasteiger partial charge in [0, 0.05) is 0 Å². The van der Waals surface area contributed by atoms with Crippen LogP contribution in [0.5, 0.6) is 0 Å². The largest absolute Gasteiger partial charge is 0.300 e. The van der Waals surface area contributed by atoms with Gasteiger partial charge in [0.1, 0.15) is 5.78 Å². The maximum absolute atomic E-state index is 10.5. The number of ketones is 1. The minimum atomic E-state index is 0.0648. The molecule has 1 atom stereocenters. The summed E-state index contributed by atoms with van der Waals surface area (Å²) in [7, 11) is 3.79. The van der Waals surface area contributed by atoms with Crippen molar-refractivity contribution in [2.24, 2.45) is 0 Å². The van der Waals surface area contributed by atoms with Crippen molar-refractivity contribution in [2.45, 2.75) is 19.9 Å². The first-order valence-corrected chi connectivity index (χ1v) is 2.72. The summed E-state index contributed by atoms with van der Waals surface area (Å²) in [5.41, 5.74) is 0. The Morgan fingerprint density at radius 1 is 1.50 bits per heavy atom. The number of hydrogen-bond donors (Lipinski definition) is 0. The molecule has 2 heteroatoms. The molecule has 0 amide bonds. The van der Waals surface area contributed by atoms with E-state index in [9.17, 15) is 4.79 Å². The Morgan fingerprint density at radius 3 is 1.88 bits per heavy atom. The van der Waals surface area contributed by atoms with Crippen LogP contribution in [-0.4, -0.2) is 30.8 Å². The van der Waals surface area contributed by atoms with Gasteiger partial charge in [0.25, 0.3) is 0 Å². The molecule has 48 valence electrons. The van der Waals surface area contributed by atoms with Gasteiger partial charge in [-0.2, -0.15) is 0 Å². The Morgan fingerprint density at radius 2 is 1.88 bits per heavy atom. The Labute approximate surface area is 50.5 Å². The minimum absolute atomic E-state index is 0.0648. The summed E-state index contributed by atoms with van der Waals surface area (Å²) < 4.78 is 0. The number of rotatable bonds is 2. The van der Waals surface area contributed by atoms with E-state index in [1.54, 1.807) is 6.92 Å². The second-order valence-corrected chi connectivity index (χ2v) is 2.25. The van der Waals surface area contributed by atoms with Gasteiger partial charge in [-0.25, -0.2) is 0 Å². The van der Waals surface area contributed by atoms with Crippen molar-refractivity contribution in [3.8, 4) is 0 Å². The van der Waals surface area contributed by atoms with Gasteiger partial charge in [-0.05, 0) is 27.9 Å². The molecule has 0 N–H and O–H groups in total. The van der Waals surface area contributed by atoms with Crippen molar-refractivity contribution in [3.05, 3.63) is 0 Å². The van der Waals surface area contributed by atoms with E-state index in [-0.39, 0.29) is 11.8 Å². The van der Waals surface area contributed by atoms with Crippen molar-refractivity contribution in [2.75, 3.05) is 14.1 Å². The molecular weight excluding hydrogens is 102 g/mol. The van der Waals surface area contributed by atoms with E-state index >= 15 is 0 Å². The molecule has 0 radical (unpaired) electrons. The zero-order valence-corrected chi connectivity index (χ0v) is 5.93. The Bertz CT molecular complexity index is 88.5. The quantitative estimate of drug-likeness (QED) is 0.523. The molecule has 0 unspecified atom stereocenters. The number of Topliss-reactive ketones (excluding diaryl/α,β-unsaturated/α-hetero) is 1. The second kappa shape index (κ2) is 2.82. The smallest absolute Gasteiger partial charge is 0.146 e. The van der Waals surface area contributed by atoms with Crippen LogP contribution in [0.2, 0.25) is 0 Å². The monoisotopic (exact) mass is 115 g/mol. The molecule has 0 fully saturated rings. The molecule has 0 aliphatic carbocycles. The van der Waals surface area contributed by atoms with Crippen LogP contribution in [0.15, 0.2) is 0 Å². The fraction of sp³-hybridized carbons (Fsp3) is 0.833. The Balaban J connectivity index is 3.64. The average Bonchev–Trinajstić information content (AvgIpc) is 1.64. The van der Waals surface area contributed by atoms with Crippen LogP contribution >= 0.6 is 0 Å². The van der Waals surface area contributed by atoms with Gasteiger partial charge in [0.15, 0.2) is 0 Å². The lowest BCUT2D eigenvalue weighted by Crippen LogP contribution is -2.30. The Hall–Kier alpha value is -0.370. The van der Waals surface area contributed by atoms with Gasteiger partial charge in [-0.3, -0.25) is 9.69 Å². The fourth-order valence-electron chi connectivity index (χ4n) is 0.364. The van der Waals surface area contributed by atoms with Crippen molar-refractivity contribution < 1.29 is 4.79 Å². The van der Waals surface area contributed by atoms with Gasteiger partial charge in [-0.15, -0.1) is 0 Å². The molecular formula is C6H13NO. The van der Waals surface area contributed by atoms with Crippen LogP contribution < -0.4 is 0 Å². The van der Waals surface area contributed by atoms with Gasteiger partial charge >= 0.3 is 0 Å². The molecule has 0 aromatic carbocycles. The molecule has 0 saturated heterocycles. The molecule has 8 heavy (non-hydrogen) atoms. The fourth-order valence-corrected chi connectivity index (χ4v) is 0.364.